The highest BCUT2D eigenvalue weighted by atomic mass is 16.2. The van der Waals surface area contributed by atoms with Crippen molar-refractivity contribution in [3.8, 4) is 6.07 Å². The molecule has 5 heteroatoms. The summed E-state index contributed by atoms with van der Waals surface area (Å²) in [6.07, 6.45) is 0.653. The third-order valence-electron chi connectivity index (χ3n) is 3.74. The highest BCUT2D eigenvalue weighted by Gasteiger charge is 2.23. The zero-order valence-corrected chi connectivity index (χ0v) is 12.2. The molecule has 0 N–H and O–H groups in total. The van der Waals surface area contributed by atoms with Crippen molar-refractivity contribution in [2.75, 3.05) is 26.2 Å². The number of nitrogens with zero attached hydrogens (tertiary/aromatic N) is 3. The van der Waals surface area contributed by atoms with Crippen molar-refractivity contribution >= 4 is 11.8 Å². The van der Waals surface area contributed by atoms with Crippen LogP contribution >= 0.6 is 0 Å². The molecule has 0 aromatic heterocycles. The van der Waals surface area contributed by atoms with Crippen LogP contribution < -0.4 is 0 Å². The normalized spacial score (nSPS) is 15.2. The Balaban J connectivity index is 2.03. The number of hydrogen-bond donors (Lipinski definition) is 0. The summed E-state index contributed by atoms with van der Waals surface area (Å²) < 4.78 is 0. The average Bonchev–Trinajstić information content (AvgIpc) is 2.73. The Bertz CT molecular complexity index is 577. The summed E-state index contributed by atoms with van der Waals surface area (Å²) in [5.41, 5.74) is 1.68. The lowest BCUT2D eigenvalue weighted by molar-refractivity contribution is -0.130. The van der Waals surface area contributed by atoms with Gasteiger partial charge in [-0.2, -0.15) is 5.26 Å². The van der Waals surface area contributed by atoms with E-state index in [2.05, 4.69) is 0 Å². The molecule has 0 saturated carbocycles. The van der Waals surface area contributed by atoms with Crippen molar-refractivity contribution in [3.05, 3.63) is 35.4 Å². The molecule has 1 aromatic carbocycles. The second-order valence-electron chi connectivity index (χ2n) is 5.18. The van der Waals surface area contributed by atoms with Gasteiger partial charge in [-0.05, 0) is 25.0 Å². The predicted octanol–water partition coefficient (Wildman–Crippen LogP) is 1.58. The van der Waals surface area contributed by atoms with E-state index in [1.807, 2.05) is 37.3 Å². The van der Waals surface area contributed by atoms with E-state index < -0.39 is 0 Å². The minimum atomic E-state index is -0.150. The summed E-state index contributed by atoms with van der Waals surface area (Å²) in [6.45, 7) is 4.19. The van der Waals surface area contributed by atoms with Crippen molar-refractivity contribution in [3.63, 3.8) is 0 Å². The lowest BCUT2D eigenvalue weighted by atomic mass is 10.1. The molecular weight excluding hydrogens is 266 g/mol. The smallest absolute Gasteiger partial charge is 0.254 e. The fourth-order valence-electron chi connectivity index (χ4n) is 2.53. The Morgan fingerprint density at radius 2 is 1.81 bits per heavy atom. The molecule has 0 radical (unpaired) electrons. The third-order valence-corrected chi connectivity index (χ3v) is 3.74. The first kappa shape index (κ1) is 15.0. The van der Waals surface area contributed by atoms with E-state index in [4.69, 9.17) is 5.26 Å². The maximum absolute atomic E-state index is 12.5. The van der Waals surface area contributed by atoms with Gasteiger partial charge in [0.15, 0.2) is 0 Å². The maximum atomic E-state index is 12.5. The Hall–Kier alpha value is -2.35. The van der Waals surface area contributed by atoms with Gasteiger partial charge in [0, 0.05) is 31.7 Å². The second kappa shape index (κ2) is 6.89. The summed E-state index contributed by atoms with van der Waals surface area (Å²) in [7, 11) is 0. The predicted molar refractivity (Wildman–Crippen MR) is 78.5 cm³/mol. The Kier molecular flexibility index (Phi) is 4.94. The van der Waals surface area contributed by atoms with Crippen molar-refractivity contribution in [2.45, 2.75) is 19.8 Å². The molecule has 0 aliphatic carbocycles. The number of hydrogen-bond acceptors (Lipinski definition) is 3. The van der Waals surface area contributed by atoms with Gasteiger partial charge in [0.2, 0.25) is 5.91 Å². The maximum Gasteiger partial charge on any atom is 0.254 e. The van der Waals surface area contributed by atoms with E-state index in [1.54, 1.807) is 9.80 Å². The zero-order chi connectivity index (χ0) is 15.2. The first-order valence-electron chi connectivity index (χ1n) is 7.13. The minimum Gasteiger partial charge on any atom is -0.340 e. The molecule has 5 nitrogen and oxygen atoms in total. The molecule has 0 spiro atoms. The van der Waals surface area contributed by atoms with Crippen molar-refractivity contribution in [2.24, 2.45) is 0 Å². The summed E-state index contributed by atoms with van der Waals surface area (Å²) in [5, 5.41) is 8.60. The van der Waals surface area contributed by atoms with Crippen LogP contribution in [0.3, 0.4) is 0 Å². The van der Waals surface area contributed by atoms with Crippen LogP contribution in [0.2, 0.25) is 0 Å². The van der Waals surface area contributed by atoms with Gasteiger partial charge in [-0.25, -0.2) is 0 Å². The molecule has 1 saturated heterocycles. The highest BCUT2D eigenvalue weighted by molar-refractivity contribution is 5.95. The van der Waals surface area contributed by atoms with Crippen LogP contribution in [-0.2, 0) is 4.79 Å². The monoisotopic (exact) mass is 285 g/mol. The average molecular weight is 285 g/mol. The van der Waals surface area contributed by atoms with E-state index in [0.29, 0.717) is 31.7 Å². The number of amides is 2. The van der Waals surface area contributed by atoms with Crippen LogP contribution in [-0.4, -0.2) is 47.8 Å². The van der Waals surface area contributed by atoms with Gasteiger partial charge in [0.25, 0.3) is 5.91 Å². The van der Waals surface area contributed by atoms with E-state index >= 15 is 0 Å². The molecule has 1 aromatic rings. The van der Waals surface area contributed by atoms with Gasteiger partial charge in [-0.1, -0.05) is 18.2 Å². The number of carbonyl (C=O) groups excluding carboxylic acids is 2. The van der Waals surface area contributed by atoms with Gasteiger partial charge in [0.05, 0.1) is 6.07 Å². The summed E-state index contributed by atoms with van der Waals surface area (Å²) in [4.78, 5) is 27.8. The molecule has 0 atom stereocenters. The molecule has 1 aliphatic rings. The van der Waals surface area contributed by atoms with Crippen LogP contribution in [0, 0.1) is 18.3 Å². The number of nitriles is 1. The fourth-order valence-corrected chi connectivity index (χ4v) is 2.53. The lowest BCUT2D eigenvalue weighted by Gasteiger charge is -2.22. The van der Waals surface area contributed by atoms with Crippen LogP contribution in [0.5, 0.6) is 0 Å². The fraction of sp³-hybridized carbons (Fsp3) is 0.438. The van der Waals surface area contributed by atoms with Gasteiger partial charge in [0.1, 0.15) is 6.42 Å². The standard InChI is InChI=1S/C16H19N3O2/c1-13-5-2-3-6-14(13)16(21)19-10-4-9-18(11-12-19)15(20)7-8-17/h2-3,5-6H,4,7,9-12H2,1H3. The van der Waals surface area contributed by atoms with Crippen molar-refractivity contribution in [1.82, 2.24) is 9.80 Å². The lowest BCUT2D eigenvalue weighted by Crippen LogP contribution is -2.37. The number of carbonyl (C=O) groups is 2. The minimum absolute atomic E-state index is 0.0164. The summed E-state index contributed by atoms with van der Waals surface area (Å²) >= 11 is 0. The second-order valence-corrected chi connectivity index (χ2v) is 5.18. The summed E-state index contributed by atoms with van der Waals surface area (Å²) in [6, 6.07) is 9.42. The van der Waals surface area contributed by atoms with Gasteiger partial charge in [-0.15, -0.1) is 0 Å². The molecule has 0 unspecified atom stereocenters. The van der Waals surface area contributed by atoms with Gasteiger partial charge < -0.3 is 9.80 Å². The van der Waals surface area contributed by atoms with Gasteiger partial charge in [-0.3, -0.25) is 9.59 Å². The van der Waals surface area contributed by atoms with Crippen LogP contribution in [0.15, 0.2) is 24.3 Å². The highest BCUT2D eigenvalue weighted by Crippen LogP contribution is 2.13. The van der Waals surface area contributed by atoms with Gasteiger partial charge >= 0.3 is 0 Å². The third kappa shape index (κ3) is 3.60. The van der Waals surface area contributed by atoms with E-state index in [-0.39, 0.29) is 18.2 Å². The molecular formula is C16H19N3O2. The summed E-state index contributed by atoms with van der Waals surface area (Å²) in [5.74, 6) is -0.134. The van der Waals surface area contributed by atoms with Crippen LogP contribution in [0.1, 0.15) is 28.8 Å². The molecule has 110 valence electrons. The molecule has 21 heavy (non-hydrogen) atoms. The zero-order valence-electron chi connectivity index (χ0n) is 12.2. The molecule has 2 rings (SSSR count). The largest absolute Gasteiger partial charge is 0.340 e. The van der Waals surface area contributed by atoms with Crippen LogP contribution in [0.4, 0.5) is 0 Å². The number of rotatable bonds is 2. The Morgan fingerprint density at radius 3 is 2.52 bits per heavy atom. The quantitative estimate of drug-likeness (QED) is 0.828. The van der Waals surface area contributed by atoms with E-state index in [0.717, 1.165) is 12.0 Å². The molecule has 0 bridgehead atoms. The number of benzene rings is 1. The molecule has 1 fully saturated rings. The van der Waals surface area contributed by atoms with Crippen molar-refractivity contribution in [1.29, 1.82) is 5.26 Å². The van der Waals surface area contributed by atoms with E-state index in [1.165, 1.54) is 0 Å². The van der Waals surface area contributed by atoms with Crippen molar-refractivity contribution < 1.29 is 9.59 Å². The molecule has 1 aliphatic heterocycles. The first-order chi connectivity index (χ1) is 10.1. The van der Waals surface area contributed by atoms with Crippen LogP contribution in [0.25, 0.3) is 0 Å². The first-order valence-corrected chi connectivity index (χ1v) is 7.13. The topological polar surface area (TPSA) is 64.4 Å². The Morgan fingerprint density at radius 1 is 1.14 bits per heavy atom. The number of aryl methyl sites for hydroxylation is 1. The molecule has 2 amide bonds. The SMILES string of the molecule is Cc1ccccc1C(=O)N1CCCN(C(=O)CC#N)CC1. The molecule has 1 heterocycles. The van der Waals surface area contributed by atoms with E-state index in [9.17, 15) is 9.59 Å². The Labute approximate surface area is 124 Å².